The second-order valence-electron chi connectivity index (χ2n) is 8.82. The number of hydrogen-bond donors (Lipinski definition) is 1. The maximum atomic E-state index is 12.9. The molecule has 0 atom stereocenters. The number of piperazine rings is 1. The van der Waals surface area contributed by atoms with Crippen LogP contribution >= 0.6 is 0 Å². The van der Waals surface area contributed by atoms with Gasteiger partial charge in [0.1, 0.15) is 19.8 Å². The van der Waals surface area contributed by atoms with Gasteiger partial charge < -0.3 is 24.9 Å². The quantitative estimate of drug-likeness (QED) is 0.297. The van der Waals surface area contributed by atoms with Crippen LogP contribution in [0.5, 0.6) is 11.5 Å². The largest absolute Gasteiger partial charge is 0.486 e. The molecule has 2 aromatic rings. The highest BCUT2D eigenvalue weighted by atomic mass is 19.4. The SMILES string of the molecule is NCCO/N=C(\CCCCN1CCN(c2cccc3c2OCCO3)CC1)c1ccc(C(F)(F)F)cc1. The van der Waals surface area contributed by atoms with E-state index in [4.69, 9.17) is 20.0 Å². The Bertz CT molecular complexity index is 1010. The number of unbranched alkanes of at least 4 members (excludes halogenated alkanes) is 1. The third-order valence-electron chi connectivity index (χ3n) is 6.33. The molecule has 36 heavy (non-hydrogen) atoms. The topological polar surface area (TPSA) is 72.6 Å². The van der Waals surface area contributed by atoms with E-state index in [9.17, 15) is 13.2 Å². The predicted molar refractivity (Wildman–Crippen MR) is 133 cm³/mol. The number of halogens is 3. The minimum Gasteiger partial charge on any atom is -0.486 e. The number of anilines is 1. The van der Waals surface area contributed by atoms with E-state index in [1.54, 1.807) is 0 Å². The molecule has 2 N–H and O–H groups in total. The van der Waals surface area contributed by atoms with Crippen molar-refractivity contribution >= 4 is 11.4 Å². The first kappa shape index (κ1) is 26.1. The van der Waals surface area contributed by atoms with Crippen LogP contribution in [0.3, 0.4) is 0 Å². The van der Waals surface area contributed by atoms with Gasteiger partial charge in [-0.1, -0.05) is 23.4 Å². The van der Waals surface area contributed by atoms with Crippen molar-refractivity contribution in [2.45, 2.75) is 25.4 Å². The summed E-state index contributed by atoms with van der Waals surface area (Å²) in [6.07, 6.45) is -1.95. The Morgan fingerprint density at radius 3 is 2.44 bits per heavy atom. The predicted octanol–water partition coefficient (Wildman–Crippen LogP) is 4.15. The molecular weight excluding hydrogens is 473 g/mol. The van der Waals surface area contributed by atoms with Gasteiger partial charge in [-0.25, -0.2) is 0 Å². The Morgan fingerprint density at radius 1 is 0.972 bits per heavy atom. The standard InChI is InChI=1S/C26H33F3N4O3/c27-26(28,29)21-9-7-20(8-10-21)22(31-36-17-11-30)4-1-2-12-32-13-15-33(16-14-32)23-5-3-6-24-25(23)35-19-18-34-24/h3,5-10H,1-2,4,11-19,30H2/b31-22+. The van der Waals surface area contributed by atoms with E-state index in [0.29, 0.717) is 37.5 Å². The molecule has 0 bridgehead atoms. The molecule has 2 aliphatic rings. The molecule has 2 aliphatic heterocycles. The lowest BCUT2D eigenvalue weighted by Crippen LogP contribution is -2.46. The fourth-order valence-corrected chi connectivity index (χ4v) is 4.42. The van der Waals surface area contributed by atoms with Crippen LogP contribution in [-0.4, -0.2) is 69.7 Å². The van der Waals surface area contributed by atoms with E-state index in [1.165, 1.54) is 12.1 Å². The summed E-state index contributed by atoms with van der Waals surface area (Å²) in [5.41, 5.74) is 7.14. The Hall–Kier alpha value is -2.98. The number of benzene rings is 2. The average molecular weight is 507 g/mol. The molecule has 0 amide bonds. The summed E-state index contributed by atoms with van der Waals surface area (Å²) < 4.78 is 50.3. The zero-order valence-electron chi connectivity index (χ0n) is 20.3. The van der Waals surface area contributed by atoms with Crippen LogP contribution in [-0.2, 0) is 11.0 Å². The van der Waals surface area contributed by atoms with Crippen LogP contribution in [0.4, 0.5) is 18.9 Å². The number of alkyl halides is 3. The Morgan fingerprint density at radius 2 is 1.72 bits per heavy atom. The van der Waals surface area contributed by atoms with Crippen LogP contribution in [0, 0.1) is 0 Å². The van der Waals surface area contributed by atoms with Crippen LogP contribution < -0.4 is 20.1 Å². The number of rotatable bonds is 10. The molecule has 1 saturated heterocycles. The first-order valence-corrected chi connectivity index (χ1v) is 12.4. The molecule has 0 aromatic heterocycles. The zero-order valence-corrected chi connectivity index (χ0v) is 20.3. The van der Waals surface area contributed by atoms with Crippen LogP contribution in [0.15, 0.2) is 47.6 Å². The van der Waals surface area contributed by atoms with Crippen molar-refractivity contribution in [3.05, 3.63) is 53.6 Å². The number of hydrogen-bond acceptors (Lipinski definition) is 7. The van der Waals surface area contributed by atoms with Gasteiger partial charge in [0.15, 0.2) is 11.5 Å². The third kappa shape index (κ3) is 6.82. The minimum atomic E-state index is -4.36. The van der Waals surface area contributed by atoms with Crippen molar-refractivity contribution in [2.75, 3.05) is 64.0 Å². The zero-order chi connectivity index (χ0) is 25.4. The summed E-state index contributed by atoms with van der Waals surface area (Å²) in [4.78, 5) is 10.0. The highest BCUT2D eigenvalue weighted by molar-refractivity contribution is 6.00. The fourth-order valence-electron chi connectivity index (χ4n) is 4.42. The van der Waals surface area contributed by atoms with Gasteiger partial charge in [0.05, 0.1) is 17.0 Å². The first-order chi connectivity index (χ1) is 17.5. The van der Waals surface area contributed by atoms with Crippen molar-refractivity contribution in [3.8, 4) is 11.5 Å². The van der Waals surface area contributed by atoms with Crippen molar-refractivity contribution < 1.29 is 27.5 Å². The smallest absolute Gasteiger partial charge is 0.416 e. The van der Waals surface area contributed by atoms with Crippen molar-refractivity contribution in [1.29, 1.82) is 0 Å². The van der Waals surface area contributed by atoms with E-state index in [1.807, 2.05) is 12.1 Å². The molecule has 0 unspecified atom stereocenters. The second kappa shape index (κ2) is 12.3. The lowest BCUT2D eigenvalue weighted by Gasteiger charge is -2.37. The molecule has 1 fully saturated rings. The summed E-state index contributed by atoms with van der Waals surface area (Å²) in [6.45, 7) is 6.39. The van der Waals surface area contributed by atoms with Gasteiger partial charge in [0.25, 0.3) is 0 Å². The summed E-state index contributed by atoms with van der Waals surface area (Å²) in [7, 11) is 0. The van der Waals surface area contributed by atoms with Crippen molar-refractivity contribution in [2.24, 2.45) is 10.9 Å². The summed E-state index contributed by atoms with van der Waals surface area (Å²) in [5, 5.41) is 4.15. The molecular formula is C26H33F3N4O3. The molecule has 2 aromatic carbocycles. The third-order valence-corrected chi connectivity index (χ3v) is 6.33. The lowest BCUT2D eigenvalue weighted by atomic mass is 10.0. The van der Waals surface area contributed by atoms with Gasteiger partial charge in [0.2, 0.25) is 0 Å². The molecule has 196 valence electrons. The summed E-state index contributed by atoms with van der Waals surface area (Å²) in [6, 6.07) is 11.1. The van der Waals surface area contributed by atoms with Crippen molar-refractivity contribution in [1.82, 2.24) is 4.90 Å². The molecule has 7 nitrogen and oxygen atoms in total. The van der Waals surface area contributed by atoms with Crippen molar-refractivity contribution in [3.63, 3.8) is 0 Å². The van der Waals surface area contributed by atoms with Crippen LogP contribution in [0.2, 0.25) is 0 Å². The lowest BCUT2D eigenvalue weighted by molar-refractivity contribution is -0.137. The van der Waals surface area contributed by atoms with Gasteiger partial charge in [0, 0.05) is 32.7 Å². The maximum Gasteiger partial charge on any atom is 0.416 e. The Kier molecular flexibility index (Phi) is 8.93. The molecule has 0 spiro atoms. The first-order valence-electron chi connectivity index (χ1n) is 12.4. The molecule has 10 heteroatoms. The van der Waals surface area contributed by atoms with E-state index < -0.39 is 11.7 Å². The molecule has 0 radical (unpaired) electrons. The summed E-state index contributed by atoms with van der Waals surface area (Å²) >= 11 is 0. The second-order valence-corrected chi connectivity index (χ2v) is 8.82. The van der Waals surface area contributed by atoms with E-state index in [0.717, 1.165) is 74.9 Å². The Balaban J connectivity index is 1.25. The number of ether oxygens (including phenoxy) is 2. The van der Waals surface area contributed by atoms with E-state index in [2.05, 4.69) is 21.0 Å². The minimum absolute atomic E-state index is 0.260. The van der Waals surface area contributed by atoms with Gasteiger partial charge in [-0.05, 0) is 55.6 Å². The average Bonchev–Trinajstić information content (AvgIpc) is 2.90. The monoisotopic (exact) mass is 506 g/mol. The van der Waals surface area contributed by atoms with Gasteiger partial charge >= 0.3 is 6.18 Å². The molecule has 2 heterocycles. The van der Waals surface area contributed by atoms with Crippen LogP contribution in [0.25, 0.3) is 0 Å². The number of fused-ring (bicyclic) bond motifs is 1. The van der Waals surface area contributed by atoms with Gasteiger partial charge in [-0.15, -0.1) is 0 Å². The highest BCUT2D eigenvalue weighted by Gasteiger charge is 2.30. The van der Waals surface area contributed by atoms with E-state index >= 15 is 0 Å². The number of para-hydroxylation sites is 1. The fraction of sp³-hybridized carbons (Fsp3) is 0.500. The number of oxime groups is 1. The Labute approximate surface area is 209 Å². The van der Waals surface area contributed by atoms with Gasteiger partial charge in [-0.2, -0.15) is 13.2 Å². The van der Waals surface area contributed by atoms with E-state index in [-0.39, 0.29) is 6.61 Å². The molecule has 0 aliphatic carbocycles. The van der Waals surface area contributed by atoms with Crippen LogP contribution in [0.1, 0.15) is 30.4 Å². The summed E-state index contributed by atoms with van der Waals surface area (Å²) in [5.74, 6) is 1.64. The molecule has 4 rings (SSSR count). The number of nitrogens with zero attached hydrogens (tertiary/aromatic N) is 3. The molecule has 0 saturated carbocycles. The normalized spacial score (nSPS) is 16.8. The maximum absolute atomic E-state index is 12.9. The van der Waals surface area contributed by atoms with Gasteiger partial charge in [-0.3, -0.25) is 4.90 Å². The highest BCUT2D eigenvalue weighted by Crippen LogP contribution is 2.39. The number of nitrogens with two attached hydrogens (primary N) is 1.